The maximum absolute atomic E-state index is 13.8. The molecule has 2 aliphatic heterocycles. The standard InChI is InChI=1S/C31H32FN3O4/c1-21-7-6-10-25(19-21)29(37)34-17-15-31(16-18-34)35(30(38)24-11-13-26(32)14-12-24)27(20-39-31)28(36)33-22(2)23-8-4-3-5-9-23/h3-14,19,22,27H,15-18,20H2,1-2H3,(H,33,36)/t22-,27+/m0/s1. The molecule has 0 saturated carbocycles. The predicted molar refractivity (Wildman–Crippen MR) is 144 cm³/mol. The SMILES string of the molecule is Cc1cccc(C(=O)N2CCC3(CC2)OC[C@H](C(=O)N[C@@H](C)c2ccccc2)N3C(=O)c2ccc(F)cc2)c1. The van der Waals surface area contributed by atoms with E-state index in [1.807, 2.05) is 62.4 Å². The number of aryl methyl sites for hydroxylation is 1. The van der Waals surface area contributed by atoms with E-state index < -0.39 is 23.5 Å². The lowest BCUT2D eigenvalue weighted by molar-refractivity contribution is -0.128. The molecule has 0 bridgehead atoms. The average molecular weight is 530 g/mol. The number of benzene rings is 3. The highest BCUT2D eigenvalue weighted by molar-refractivity contribution is 5.98. The summed E-state index contributed by atoms with van der Waals surface area (Å²) in [6.45, 7) is 4.60. The molecule has 2 fully saturated rings. The van der Waals surface area contributed by atoms with Crippen molar-refractivity contribution < 1.29 is 23.5 Å². The summed E-state index contributed by atoms with van der Waals surface area (Å²) in [4.78, 5) is 43.8. The Morgan fingerprint density at radius 3 is 2.28 bits per heavy atom. The van der Waals surface area contributed by atoms with Crippen LogP contribution in [-0.4, -0.2) is 59.0 Å². The highest BCUT2D eigenvalue weighted by atomic mass is 19.1. The van der Waals surface area contributed by atoms with Gasteiger partial charge in [-0.05, 0) is 55.8 Å². The largest absolute Gasteiger partial charge is 0.353 e. The third kappa shape index (κ3) is 5.43. The van der Waals surface area contributed by atoms with E-state index in [-0.39, 0.29) is 30.0 Å². The molecule has 202 valence electrons. The predicted octanol–water partition coefficient (Wildman–Crippen LogP) is 4.49. The zero-order valence-corrected chi connectivity index (χ0v) is 22.1. The molecule has 3 aromatic rings. The Morgan fingerprint density at radius 1 is 0.923 bits per heavy atom. The number of likely N-dealkylation sites (tertiary alicyclic amines) is 1. The Bertz CT molecular complexity index is 1350. The Labute approximate surface area is 227 Å². The van der Waals surface area contributed by atoms with Gasteiger partial charge in [-0.3, -0.25) is 19.3 Å². The van der Waals surface area contributed by atoms with E-state index in [0.717, 1.165) is 11.1 Å². The molecule has 1 spiro atoms. The minimum absolute atomic E-state index is 0.0338. The van der Waals surface area contributed by atoms with E-state index in [1.54, 1.807) is 11.0 Å². The van der Waals surface area contributed by atoms with Gasteiger partial charge in [0.1, 0.15) is 17.6 Å². The lowest BCUT2D eigenvalue weighted by atomic mass is 9.95. The van der Waals surface area contributed by atoms with Gasteiger partial charge in [0.25, 0.3) is 11.8 Å². The number of carbonyl (C=O) groups is 3. The highest BCUT2D eigenvalue weighted by Crippen LogP contribution is 2.39. The maximum atomic E-state index is 13.8. The van der Waals surface area contributed by atoms with Gasteiger partial charge >= 0.3 is 0 Å². The third-order valence-corrected chi connectivity index (χ3v) is 7.63. The van der Waals surface area contributed by atoms with E-state index in [4.69, 9.17) is 4.74 Å². The van der Waals surface area contributed by atoms with Crippen molar-refractivity contribution in [3.05, 3.63) is 107 Å². The van der Waals surface area contributed by atoms with E-state index in [1.165, 1.54) is 29.2 Å². The number of rotatable bonds is 5. The van der Waals surface area contributed by atoms with E-state index in [0.29, 0.717) is 31.5 Å². The third-order valence-electron chi connectivity index (χ3n) is 7.63. The van der Waals surface area contributed by atoms with Gasteiger partial charge in [0.2, 0.25) is 5.91 Å². The van der Waals surface area contributed by atoms with Crippen molar-refractivity contribution >= 4 is 17.7 Å². The van der Waals surface area contributed by atoms with Gasteiger partial charge < -0.3 is 15.0 Å². The summed E-state index contributed by atoms with van der Waals surface area (Å²) in [6, 6.07) is 21.2. The molecule has 1 N–H and O–H groups in total. The van der Waals surface area contributed by atoms with Crippen LogP contribution in [-0.2, 0) is 9.53 Å². The smallest absolute Gasteiger partial charge is 0.256 e. The van der Waals surface area contributed by atoms with Gasteiger partial charge in [0, 0.05) is 37.1 Å². The normalized spacial score (nSPS) is 19.1. The molecule has 3 aromatic carbocycles. The van der Waals surface area contributed by atoms with Crippen molar-refractivity contribution in [3.8, 4) is 0 Å². The first-order valence-electron chi connectivity index (χ1n) is 13.2. The fourth-order valence-corrected chi connectivity index (χ4v) is 5.45. The first kappa shape index (κ1) is 26.6. The van der Waals surface area contributed by atoms with Crippen LogP contribution in [0, 0.1) is 12.7 Å². The molecule has 39 heavy (non-hydrogen) atoms. The summed E-state index contributed by atoms with van der Waals surface area (Å²) in [5.41, 5.74) is 1.78. The van der Waals surface area contributed by atoms with Gasteiger partial charge in [-0.25, -0.2) is 4.39 Å². The van der Waals surface area contributed by atoms with Crippen molar-refractivity contribution in [1.29, 1.82) is 0 Å². The molecule has 8 heteroatoms. The average Bonchev–Trinajstić information content (AvgIpc) is 3.32. The lowest BCUT2D eigenvalue weighted by Gasteiger charge is -2.44. The van der Waals surface area contributed by atoms with Crippen LogP contribution in [0.5, 0.6) is 0 Å². The molecule has 2 saturated heterocycles. The van der Waals surface area contributed by atoms with Gasteiger partial charge in [-0.15, -0.1) is 0 Å². The van der Waals surface area contributed by atoms with Crippen molar-refractivity contribution in [2.75, 3.05) is 19.7 Å². The fourth-order valence-electron chi connectivity index (χ4n) is 5.45. The van der Waals surface area contributed by atoms with Crippen LogP contribution in [0.1, 0.15) is 57.7 Å². The molecule has 0 aliphatic carbocycles. The first-order valence-corrected chi connectivity index (χ1v) is 13.2. The number of nitrogens with one attached hydrogen (secondary N) is 1. The number of hydrogen-bond acceptors (Lipinski definition) is 4. The molecule has 2 aliphatic rings. The van der Waals surface area contributed by atoms with Gasteiger partial charge in [-0.1, -0.05) is 48.0 Å². The van der Waals surface area contributed by atoms with Crippen molar-refractivity contribution in [3.63, 3.8) is 0 Å². The second-order valence-electron chi connectivity index (χ2n) is 10.3. The molecular weight excluding hydrogens is 497 g/mol. The summed E-state index contributed by atoms with van der Waals surface area (Å²) in [7, 11) is 0. The molecule has 2 heterocycles. The Kier molecular flexibility index (Phi) is 7.48. The fraction of sp³-hybridized carbons (Fsp3) is 0.323. The van der Waals surface area contributed by atoms with E-state index in [9.17, 15) is 18.8 Å². The molecule has 0 radical (unpaired) electrons. The summed E-state index contributed by atoms with van der Waals surface area (Å²) < 4.78 is 19.9. The molecule has 0 unspecified atom stereocenters. The summed E-state index contributed by atoms with van der Waals surface area (Å²) in [6.07, 6.45) is 0.713. The Morgan fingerprint density at radius 2 is 1.62 bits per heavy atom. The maximum Gasteiger partial charge on any atom is 0.256 e. The number of nitrogens with zero attached hydrogens (tertiary/aromatic N) is 2. The zero-order chi connectivity index (χ0) is 27.6. The van der Waals surface area contributed by atoms with Crippen LogP contribution in [0.4, 0.5) is 4.39 Å². The molecule has 7 nitrogen and oxygen atoms in total. The number of hydrogen-bond donors (Lipinski definition) is 1. The van der Waals surface area contributed by atoms with Crippen molar-refractivity contribution in [2.45, 2.75) is 44.5 Å². The van der Waals surface area contributed by atoms with Crippen LogP contribution in [0.3, 0.4) is 0 Å². The number of amides is 3. The second kappa shape index (κ2) is 11.0. The van der Waals surface area contributed by atoms with Gasteiger partial charge in [0.05, 0.1) is 12.6 Å². The van der Waals surface area contributed by atoms with Crippen LogP contribution in [0.15, 0.2) is 78.9 Å². The van der Waals surface area contributed by atoms with Crippen LogP contribution >= 0.6 is 0 Å². The van der Waals surface area contributed by atoms with Gasteiger partial charge in [-0.2, -0.15) is 0 Å². The monoisotopic (exact) mass is 529 g/mol. The number of ether oxygens (including phenoxy) is 1. The quantitative estimate of drug-likeness (QED) is 0.529. The van der Waals surface area contributed by atoms with Crippen LogP contribution in [0.25, 0.3) is 0 Å². The van der Waals surface area contributed by atoms with E-state index >= 15 is 0 Å². The van der Waals surface area contributed by atoms with E-state index in [2.05, 4.69) is 5.32 Å². The van der Waals surface area contributed by atoms with Crippen molar-refractivity contribution in [2.24, 2.45) is 0 Å². The number of carbonyl (C=O) groups excluding carboxylic acids is 3. The minimum atomic E-state index is -1.05. The lowest BCUT2D eigenvalue weighted by Crippen LogP contribution is -2.60. The Balaban J connectivity index is 1.38. The summed E-state index contributed by atoms with van der Waals surface area (Å²) in [5, 5.41) is 3.02. The molecule has 5 rings (SSSR count). The van der Waals surface area contributed by atoms with Crippen LogP contribution < -0.4 is 5.32 Å². The molecule has 0 aromatic heterocycles. The number of piperidine rings is 1. The first-order chi connectivity index (χ1) is 18.8. The summed E-state index contributed by atoms with van der Waals surface area (Å²) in [5.74, 6) is -1.25. The summed E-state index contributed by atoms with van der Waals surface area (Å²) >= 11 is 0. The van der Waals surface area contributed by atoms with Gasteiger partial charge in [0.15, 0.2) is 0 Å². The second-order valence-corrected chi connectivity index (χ2v) is 10.3. The molecule has 3 amide bonds. The molecular formula is C31H32FN3O4. The molecule has 2 atom stereocenters. The zero-order valence-electron chi connectivity index (χ0n) is 22.1. The minimum Gasteiger partial charge on any atom is -0.353 e. The number of halogens is 1. The van der Waals surface area contributed by atoms with Crippen molar-refractivity contribution in [1.82, 2.24) is 15.1 Å². The van der Waals surface area contributed by atoms with Crippen LogP contribution in [0.2, 0.25) is 0 Å². The Hall–Kier alpha value is -4.04. The topological polar surface area (TPSA) is 79.0 Å². The highest BCUT2D eigenvalue weighted by Gasteiger charge is 2.54.